The summed E-state index contributed by atoms with van der Waals surface area (Å²) in [6.07, 6.45) is 3.80. The third-order valence-corrected chi connectivity index (χ3v) is 1.65. The van der Waals surface area contributed by atoms with Gasteiger partial charge in [0.25, 0.3) is 0 Å². The van der Waals surface area contributed by atoms with E-state index in [0.29, 0.717) is 19.3 Å². The van der Waals surface area contributed by atoms with E-state index in [9.17, 15) is 9.59 Å². The molecule has 0 amide bonds. The lowest BCUT2D eigenvalue weighted by molar-refractivity contribution is -0.137. The number of carboxylic acids is 2. The SMILES string of the molecule is O=C(O)CCCCCC=C(O)C(=O)O. The first-order valence-corrected chi connectivity index (χ1v) is 4.38. The fourth-order valence-electron chi connectivity index (χ4n) is 0.923. The van der Waals surface area contributed by atoms with E-state index in [-0.39, 0.29) is 6.42 Å². The molecule has 0 rings (SSSR count). The summed E-state index contributed by atoms with van der Waals surface area (Å²) >= 11 is 0. The highest BCUT2D eigenvalue weighted by molar-refractivity contribution is 5.83. The van der Waals surface area contributed by atoms with Crippen molar-refractivity contribution in [3.8, 4) is 0 Å². The summed E-state index contributed by atoms with van der Waals surface area (Å²) in [7, 11) is 0. The van der Waals surface area contributed by atoms with Gasteiger partial charge in [0.15, 0.2) is 5.76 Å². The molecule has 3 N–H and O–H groups in total. The number of aliphatic hydroxyl groups is 1. The van der Waals surface area contributed by atoms with Crippen molar-refractivity contribution >= 4 is 11.9 Å². The Balaban J connectivity index is 3.42. The Kier molecular flexibility index (Phi) is 6.19. The van der Waals surface area contributed by atoms with E-state index in [2.05, 4.69) is 0 Å². The quantitative estimate of drug-likeness (QED) is 0.330. The molecule has 0 aromatic carbocycles. The van der Waals surface area contributed by atoms with Crippen molar-refractivity contribution in [3.63, 3.8) is 0 Å². The number of aliphatic carboxylic acids is 2. The van der Waals surface area contributed by atoms with Crippen molar-refractivity contribution in [3.05, 3.63) is 11.8 Å². The number of rotatable bonds is 7. The molecule has 0 spiro atoms. The number of carboxylic acid groups (broad SMARTS) is 2. The molecular weight excluding hydrogens is 188 g/mol. The molecule has 0 aliphatic carbocycles. The van der Waals surface area contributed by atoms with E-state index in [1.54, 1.807) is 0 Å². The Labute approximate surface area is 81.7 Å². The zero-order valence-corrected chi connectivity index (χ0v) is 7.77. The molecule has 0 radical (unpaired) electrons. The molecule has 0 aliphatic heterocycles. The third-order valence-electron chi connectivity index (χ3n) is 1.65. The normalized spacial score (nSPS) is 11.3. The van der Waals surface area contributed by atoms with E-state index in [1.807, 2.05) is 0 Å². The number of carbonyl (C=O) groups is 2. The minimum absolute atomic E-state index is 0.134. The standard InChI is InChI=1S/C9H14O5/c10-7(9(13)14)5-3-1-2-4-6-8(11)12/h5,10H,1-4,6H2,(H,11,12)(H,13,14). The van der Waals surface area contributed by atoms with Gasteiger partial charge in [0.2, 0.25) is 0 Å². The Bertz CT molecular complexity index is 231. The van der Waals surface area contributed by atoms with Crippen LogP contribution >= 0.6 is 0 Å². The molecule has 0 unspecified atom stereocenters. The highest BCUT2D eigenvalue weighted by Crippen LogP contribution is 2.04. The summed E-state index contributed by atoms with van der Waals surface area (Å²) in [5, 5.41) is 25.3. The van der Waals surface area contributed by atoms with Crippen LogP contribution in [0.3, 0.4) is 0 Å². The monoisotopic (exact) mass is 202 g/mol. The minimum Gasteiger partial charge on any atom is -0.502 e. The van der Waals surface area contributed by atoms with Crippen LogP contribution in [0.2, 0.25) is 0 Å². The average molecular weight is 202 g/mol. The van der Waals surface area contributed by atoms with Crippen LogP contribution in [0.5, 0.6) is 0 Å². The number of unbranched alkanes of at least 4 members (excludes halogenated alkanes) is 3. The van der Waals surface area contributed by atoms with Crippen molar-refractivity contribution in [1.82, 2.24) is 0 Å². The molecule has 14 heavy (non-hydrogen) atoms. The molecule has 5 nitrogen and oxygen atoms in total. The molecular formula is C9H14O5. The summed E-state index contributed by atoms with van der Waals surface area (Å²) in [5.74, 6) is -2.81. The zero-order chi connectivity index (χ0) is 11.0. The smallest absolute Gasteiger partial charge is 0.370 e. The zero-order valence-electron chi connectivity index (χ0n) is 7.77. The van der Waals surface area contributed by atoms with Gasteiger partial charge in [-0.3, -0.25) is 4.79 Å². The van der Waals surface area contributed by atoms with Crippen molar-refractivity contribution in [2.24, 2.45) is 0 Å². The van der Waals surface area contributed by atoms with Gasteiger partial charge in [-0.25, -0.2) is 4.79 Å². The van der Waals surface area contributed by atoms with Crippen molar-refractivity contribution in [2.45, 2.75) is 32.1 Å². The largest absolute Gasteiger partial charge is 0.502 e. The van der Waals surface area contributed by atoms with Crippen LogP contribution < -0.4 is 0 Å². The van der Waals surface area contributed by atoms with Gasteiger partial charge >= 0.3 is 11.9 Å². The van der Waals surface area contributed by atoms with E-state index < -0.39 is 17.7 Å². The topological polar surface area (TPSA) is 94.8 Å². The fourth-order valence-corrected chi connectivity index (χ4v) is 0.923. The Hall–Kier alpha value is -1.52. The lowest BCUT2D eigenvalue weighted by Crippen LogP contribution is -1.98. The first kappa shape index (κ1) is 12.5. The highest BCUT2D eigenvalue weighted by Gasteiger charge is 2.01. The van der Waals surface area contributed by atoms with E-state index >= 15 is 0 Å². The molecule has 5 heteroatoms. The van der Waals surface area contributed by atoms with Crippen LogP contribution in [0.25, 0.3) is 0 Å². The summed E-state index contributed by atoms with van der Waals surface area (Å²) < 4.78 is 0. The molecule has 0 fully saturated rings. The number of hydrogen-bond acceptors (Lipinski definition) is 3. The molecule has 0 saturated carbocycles. The van der Waals surface area contributed by atoms with Gasteiger partial charge in [-0.05, 0) is 25.3 Å². The molecule has 0 aliphatic rings. The van der Waals surface area contributed by atoms with E-state index in [4.69, 9.17) is 15.3 Å². The summed E-state index contributed by atoms with van der Waals surface area (Å²) in [6, 6.07) is 0. The first-order chi connectivity index (χ1) is 6.54. The predicted molar refractivity (Wildman–Crippen MR) is 49.1 cm³/mol. The summed E-state index contributed by atoms with van der Waals surface area (Å²) in [5.41, 5.74) is 0. The van der Waals surface area contributed by atoms with Gasteiger partial charge in [0, 0.05) is 6.42 Å². The number of hydrogen-bond donors (Lipinski definition) is 3. The van der Waals surface area contributed by atoms with Gasteiger partial charge in [-0.2, -0.15) is 0 Å². The first-order valence-electron chi connectivity index (χ1n) is 4.38. The van der Waals surface area contributed by atoms with Crippen LogP contribution in [0.4, 0.5) is 0 Å². The lowest BCUT2D eigenvalue weighted by Gasteiger charge is -1.95. The maximum absolute atomic E-state index is 10.1. The van der Waals surface area contributed by atoms with Crippen LogP contribution in [0.1, 0.15) is 32.1 Å². The van der Waals surface area contributed by atoms with E-state index in [0.717, 1.165) is 6.42 Å². The summed E-state index contributed by atoms with van der Waals surface area (Å²) in [4.78, 5) is 20.2. The van der Waals surface area contributed by atoms with Crippen LogP contribution in [0.15, 0.2) is 11.8 Å². The van der Waals surface area contributed by atoms with Crippen LogP contribution in [0, 0.1) is 0 Å². The molecule has 80 valence electrons. The third kappa shape index (κ3) is 7.15. The Morgan fingerprint density at radius 2 is 1.64 bits per heavy atom. The molecule has 0 saturated heterocycles. The van der Waals surface area contributed by atoms with Crippen LogP contribution in [-0.2, 0) is 9.59 Å². The molecule has 0 bridgehead atoms. The van der Waals surface area contributed by atoms with E-state index in [1.165, 1.54) is 6.08 Å². The lowest BCUT2D eigenvalue weighted by atomic mass is 10.1. The number of aliphatic hydroxyl groups excluding tert-OH is 1. The Morgan fingerprint density at radius 3 is 2.14 bits per heavy atom. The summed E-state index contributed by atoms with van der Waals surface area (Å²) in [6.45, 7) is 0. The molecule has 0 aromatic heterocycles. The fraction of sp³-hybridized carbons (Fsp3) is 0.556. The predicted octanol–water partition coefficient (Wildman–Crippen LogP) is 1.55. The maximum Gasteiger partial charge on any atom is 0.370 e. The van der Waals surface area contributed by atoms with Gasteiger partial charge in [0.1, 0.15) is 0 Å². The van der Waals surface area contributed by atoms with Gasteiger partial charge in [0.05, 0.1) is 0 Å². The molecule has 0 aromatic rings. The van der Waals surface area contributed by atoms with Crippen molar-refractivity contribution < 1.29 is 24.9 Å². The number of allylic oxidation sites excluding steroid dienone is 1. The second-order valence-corrected chi connectivity index (χ2v) is 2.89. The van der Waals surface area contributed by atoms with Gasteiger partial charge < -0.3 is 15.3 Å². The second kappa shape index (κ2) is 6.94. The van der Waals surface area contributed by atoms with Gasteiger partial charge in [-0.15, -0.1) is 0 Å². The second-order valence-electron chi connectivity index (χ2n) is 2.89. The Morgan fingerprint density at radius 1 is 1.00 bits per heavy atom. The van der Waals surface area contributed by atoms with Crippen molar-refractivity contribution in [2.75, 3.05) is 0 Å². The van der Waals surface area contributed by atoms with Gasteiger partial charge in [-0.1, -0.05) is 6.42 Å². The van der Waals surface area contributed by atoms with Crippen molar-refractivity contribution in [1.29, 1.82) is 0 Å². The molecule has 0 atom stereocenters. The van der Waals surface area contributed by atoms with Crippen LogP contribution in [-0.4, -0.2) is 27.3 Å². The average Bonchev–Trinajstić information content (AvgIpc) is 2.09. The maximum atomic E-state index is 10.1. The molecule has 0 heterocycles. The minimum atomic E-state index is -1.34. The highest BCUT2D eigenvalue weighted by atomic mass is 16.4.